The average molecular weight is 332 g/mol. The minimum Gasteiger partial charge on any atom is -0.455 e. The van der Waals surface area contributed by atoms with E-state index in [-0.39, 0.29) is 42.4 Å². The van der Waals surface area contributed by atoms with Crippen molar-refractivity contribution in [2.45, 2.75) is 70.2 Å². The predicted octanol–water partition coefficient (Wildman–Crippen LogP) is 2.68. The van der Waals surface area contributed by atoms with Crippen LogP contribution in [0.3, 0.4) is 0 Å². The van der Waals surface area contributed by atoms with Gasteiger partial charge in [0.25, 0.3) is 0 Å². The lowest BCUT2D eigenvalue weighted by atomic mass is 9.87. The molecule has 0 saturated carbocycles. The monoisotopic (exact) mass is 332 g/mol. The molecular weight excluding hydrogens is 308 g/mol. The Balaban J connectivity index is 1.87. The fourth-order valence-corrected chi connectivity index (χ4v) is 3.88. The molecule has 4 atom stereocenters. The van der Waals surface area contributed by atoms with E-state index in [2.05, 4.69) is 6.58 Å². The molecule has 0 spiro atoms. The molecule has 4 bridgehead atoms. The van der Waals surface area contributed by atoms with Crippen molar-refractivity contribution < 1.29 is 23.9 Å². The smallest absolute Gasteiger partial charge is 0.334 e. The van der Waals surface area contributed by atoms with Gasteiger partial charge in [-0.3, -0.25) is 9.59 Å². The fraction of sp³-hybridized carbons (Fsp3) is 0.632. The zero-order chi connectivity index (χ0) is 17.5. The first-order chi connectivity index (χ1) is 11.3. The van der Waals surface area contributed by atoms with Crippen LogP contribution in [0.4, 0.5) is 0 Å². The summed E-state index contributed by atoms with van der Waals surface area (Å²) >= 11 is 0. The van der Waals surface area contributed by atoms with E-state index in [1.165, 1.54) is 0 Å². The van der Waals surface area contributed by atoms with Gasteiger partial charge in [-0.2, -0.15) is 0 Å². The Labute approximate surface area is 142 Å². The number of fused-ring (bicyclic) bond motifs is 3. The van der Waals surface area contributed by atoms with E-state index in [0.29, 0.717) is 31.3 Å². The van der Waals surface area contributed by atoms with Gasteiger partial charge in [-0.25, -0.2) is 4.79 Å². The van der Waals surface area contributed by atoms with Gasteiger partial charge in [0.05, 0.1) is 5.60 Å². The lowest BCUT2D eigenvalue weighted by molar-refractivity contribution is -0.143. The molecule has 5 nitrogen and oxygen atoms in total. The highest BCUT2D eigenvalue weighted by molar-refractivity contribution is 5.92. The first-order valence-corrected chi connectivity index (χ1v) is 8.55. The first-order valence-electron chi connectivity index (χ1n) is 8.55. The molecule has 0 radical (unpaired) electrons. The van der Waals surface area contributed by atoms with Crippen LogP contribution in [0, 0.1) is 5.92 Å². The van der Waals surface area contributed by atoms with Crippen molar-refractivity contribution in [3.63, 3.8) is 0 Å². The molecule has 130 valence electrons. The van der Waals surface area contributed by atoms with Gasteiger partial charge >= 0.3 is 5.97 Å². The van der Waals surface area contributed by atoms with Crippen molar-refractivity contribution in [1.82, 2.24) is 0 Å². The van der Waals surface area contributed by atoms with Crippen LogP contribution in [-0.2, 0) is 23.9 Å². The number of hydrogen-bond donors (Lipinski definition) is 0. The Morgan fingerprint density at radius 2 is 2.04 bits per heavy atom. The molecule has 0 aliphatic carbocycles. The summed E-state index contributed by atoms with van der Waals surface area (Å²) in [6.45, 7) is 7.72. The molecule has 3 heterocycles. The SMILES string of the molecule is C=C(C)[C@H]1CCC2=C[C@@H](C[C@@]3(C)CC(=O)[C@H](CC(=O)C1)O3)OC2=O. The molecule has 3 aliphatic heterocycles. The van der Waals surface area contributed by atoms with E-state index >= 15 is 0 Å². The molecule has 0 amide bonds. The number of hydrogen-bond acceptors (Lipinski definition) is 5. The van der Waals surface area contributed by atoms with Gasteiger partial charge in [-0.15, -0.1) is 0 Å². The van der Waals surface area contributed by atoms with Crippen LogP contribution in [0.2, 0.25) is 0 Å². The highest BCUT2D eigenvalue weighted by Crippen LogP contribution is 2.37. The molecule has 0 aromatic heterocycles. The number of allylic oxidation sites excluding steroid dienone is 1. The number of rotatable bonds is 1. The number of ketones is 2. The Morgan fingerprint density at radius 3 is 2.75 bits per heavy atom. The molecule has 0 aromatic carbocycles. The van der Waals surface area contributed by atoms with Crippen LogP contribution >= 0.6 is 0 Å². The molecule has 0 unspecified atom stereocenters. The third-order valence-electron chi connectivity index (χ3n) is 5.22. The van der Waals surface area contributed by atoms with Crippen molar-refractivity contribution in [2.24, 2.45) is 5.92 Å². The van der Waals surface area contributed by atoms with Gasteiger partial charge < -0.3 is 9.47 Å². The van der Waals surface area contributed by atoms with Gasteiger partial charge in [0, 0.05) is 31.3 Å². The van der Waals surface area contributed by atoms with Gasteiger partial charge in [0.1, 0.15) is 18.0 Å². The summed E-state index contributed by atoms with van der Waals surface area (Å²) in [5.74, 6) is -0.308. The molecule has 24 heavy (non-hydrogen) atoms. The van der Waals surface area contributed by atoms with E-state index in [0.717, 1.165) is 5.57 Å². The zero-order valence-corrected chi connectivity index (χ0v) is 14.3. The summed E-state index contributed by atoms with van der Waals surface area (Å²) in [5, 5.41) is 0. The van der Waals surface area contributed by atoms with Crippen molar-refractivity contribution in [1.29, 1.82) is 0 Å². The molecule has 3 rings (SSSR count). The molecule has 3 aliphatic rings. The number of ether oxygens (including phenoxy) is 2. The molecule has 1 fully saturated rings. The van der Waals surface area contributed by atoms with E-state index < -0.39 is 11.7 Å². The van der Waals surface area contributed by atoms with Crippen LogP contribution in [0.5, 0.6) is 0 Å². The standard InChI is InChI=1S/C19H24O5/c1-11(2)12-4-5-13-7-15(23-18(13)22)9-19(3)10-16(21)17(24-19)8-14(20)6-12/h7,12,15,17H,1,4-6,8-10H2,2-3H3/t12-,15-,17-,19-/m0/s1. The number of carbonyl (C=O) groups is 3. The number of carbonyl (C=O) groups excluding carboxylic acids is 3. The Hall–Kier alpha value is -1.75. The van der Waals surface area contributed by atoms with Crippen LogP contribution in [0.25, 0.3) is 0 Å². The van der Waals surface area contributed by atoms with Crippen molar-refractivity contribution in [2.75, 3.05) is 0 Å². The van der Waals surface area contributed by atoms with Crippen LogP contribution in [0.15, 0.2) is 23.8 Å². The summed E-state index contributed by atoms with van der Waals surface area (Å²) in [7, 11) is 0. The largest absolute Gasteiger partial charge is 0.455 e. The average Bonchev–Trinajstić information content (AvgIpc) is 2.93. The maximum atomic E-state index is 12.4. The molecule has 0 N–H and O–H groups in total. The van der Waals surface area contributed by atoms with Gasteiger partial charge in [-0.1, -0.05) is 12.2 Å². The van der Waals surface area contributed by atoms with Crippen LogP contribution < -0.4 is 0 Å². The van der Waals surface area contributed by atoms with Gasteiger partial charge in [0.15, 0.2) is 5.78 Å². The highest BCUT2D eigenvalue weighted by Gasteiger charge is 2.45. The summed E-state index contributed by atoms with van der Waals surface area (Å²) in [6.07, 6.45) is 3.26. The molecule has 5 heteroatoms. The van der Waals surface area contributed by atoms with E-state index in [1.807, 2.05) is 19.9 Å². The summed E-state index contributed by atoms with van der Waals surface area (Å²) in [4.78, 5) is 36.7. The van der Waals surface area contributed by atoms with E-state index in [9.17, 15) is 14.4 Å². The molecule has 1 saturated heterocycles. The summed E-state index contributed by atoms with van der Waals surface area (Å²) in [5.41, 5.74) is 0.897. The van der Waals surface area contributed by atoms with E-state index in [1.54, 1.807) is 0 Å². The number of Topliss-reactive ketones (excluding diaryl/α,β-unsaturated/α-hetero) is 2. The number of esters is 1. The minimum atomic E-state index is -0.680. The highest BCUT2D eigenvalue weighted by atomic mass is 16.6. The lowest BCUT2D eigenvalue weighted by Crippen LogP contribution is -2.31. The Kier molecular flexibility index (Phi) is 4.47. The second-order valence-electron chi connectivity index (χ2n) is 7.57. The third kappa shape index (κ3) is 3.51. The Bertz CT molecular complexity index is 632. The normalized spacial score (nSPS) is 37.2. The van der Waals surface area contributed by atoms with Crippen LogP contribution in [0.1, 0.15) is 52.4 Å². The topological polar surface area (TPSA) is 69.7 Å². The Morgan fingerprint density at radius 1 is 1.29 bits per heavy atom. The van der Waals surface area contributed by atoms with Gasteiger partial charge in [0.2, 0.25) is 0 Å². The predicted molar refractivity (Wildman–Crippen MR) is 87.3 cm³/mol. The van der Waals surface area contributed by atoms with Crippen molar-refractivity contribution >= 4 is 17.5 Å². The summed E-state index contributed by atoms with van der Waals surface area (Å²) < 4.78 is 11.3. The zero-order valence-electron chi connectivity index (χ0n) is 14.3. The molecule has 0 aromatic rings. The lowest BCUT2D eigenvalue weighted by Gasteiger charge is -2.26. The molecular formula is C19H24O5. The maximum Gasteiger partial charge on any atom is 0.334 e. The van der Waals surface area contributed by atoms with Gasteiger partial charge in [-0.05, 0) is 38.7 Å². The third-order valence-corrected chi connectivity index (χ3v) is 5.22. The minimum absolute atomic E-state index is 0.00823. The van der Waals surface area contributed by atoms with Crippen molar-refractivity contribution in [3.8, 4) is 0 Å². The van der Waals surface area contributed by atoms with E-state index in [4.69, 9.17) is 9.47 Å². The van der Waals surface area contributed by atoms with Crippen LogP contribution in [-0.4, -0.2) is 35.3 Å². The fourth-order valence-electron chi connectivity index (χ4n) is 3.88. The summed E-state index contributed by atoms with van der Waals surface area (Å²) in [6, 6.07) is 0. The maximum absolute atomic E-state index is 12.4. The second kappa shape index (κ2) is 6.28. The quantitative estimate of drug-likeness (QED) is 0.545. The first kappa shape index (κ1) is 17.1. The van der Waals surface area contributed by atoms with Crippen molar-refractivity contribution in [3.05, 3.63) is 23.8 Å². The second-order valence-corrected chi connectivity index (χ2v) is 7.57.